The fourth-order valence-corrected chi connectivity index (χ4v) is 4.20. The highest BCUT2D eigenvalue weighted by Crippen LogP contribution is 2.32. The van der Waals surface area contributed by atoms with E-state index in [0.29, 0.717) is 24.1 Å². The summed E-state index contributed by atoms with van der Waals surface area (Å²) in [5, 5.41) is 20.2. The number of carboxylic acid groups (broad SMARTS) is 1. The second-order valence-corrected chi connectivity index (χ2v) is 10.0. The molecule has 0 heterocycles. The van der Waals surface area contributed by atoms with Crippen LogP contribution in [0, 0.1) is 12.7 Å². The molecular weight excluding hydrogens is 542 g/mol. The highest BCUT2D eigenvalue weighted by molar-refractivity contribution is 6.00. The topological polar surface area (TPSA) is 111 Å². The van der Waals surface area contributed by atoms with Crippen molar-refractivity contribution in [2.24, 2.45) is 5.10 Å². The average molecular weight is 581 g/mol. The second-order valence-electron chi connectivity index (χ2n) is 10.0. The Morgan fingerprint density at radius 1 is 1.19 bits per heavy atom. The molecule has 0 saturated carbocycles. The maximum absolute atomic E-state index is 13.5. The number of carbonyl (C=O) groups excluding carboxylic acids is 2. The van der Waals surface area contributed by atoms with E-state index in [1.54, 1.807) is 51.1 Å². The van der Waals surface area contributed by atoms with Crippen molar-refractivity contribution in [3.8, 4) is 0 Å². The van der Waals surface area contributed by atoms with Gasteiger partial charge in [-0.25, -0.2) is 18.6 Å². The Labute approximate surface area is 245 Å². The summed E-state index contributed by atoms with van der Waals surface area (Å²) in [7, 11) is 0. The maximum Gasteiger partial charge on any atom is 0.335 e. The van der Waals surface area contributed by atoms with Crippen molar-refractivity contribution < 1.29 is 28.3 Å². The number of carboxylic acids is 1. The number of hydrogen-bond acceptors (Lipinski definition) is 5. The standard InChI is InChI=1S/C29H31FN4O4.C3H7F/c1-6-19(4)34(31-5)26(14-18(3)27(35)32-16-20-7-11-24(30)17(2)13-20)28(36)33-25-12-9-21-15-22(29(37)38)8-10-23(21)25;1-3(2)4/h6-8,10-11,13-15,25H,3,5,9,12,16H2,1-2,4H3,(H,32,35)(H,33,36)(H,37,38);3H,1-2H3/b19-6-,26-14-;. The molecule has 2 aromatic rings. The number of nitrogens with one attached hydrogen (secondary N) is 2. The van der Waals surface area contributed by atoms with Gasteiger partial charge in [0.1, 0.15) is 11.5 Å². The van der Waals surface area contributed by atoms with E-state index in [4.69, 9.17) is 0 Å². The summed E-state index contributed by atoms with van der Waals surface area (Å²) in [6, 6.07) is 9.07. The molecule has 42 heavy (non-hydrogen) atoms. The number of halogens is 2. The van der Waals surface area contributed by atoms with Crippen molar-refractivity contribution in [3.63, 3.8) is 0 Å². The minimum absolute atomic E-state index is 0.0180. The summed E-state index contributed by atoms with van der Waals surface area (Å²) in [6.07, 6.45) is 3.63. The molecule has 0 saturated heterocycles. The van der Waals surface area contributed by atoms with Crippen LogP contribution in [-0.2, 0) is 22.6 Å². The molecule has 1 atom stereocenters. The van der Waals surface area contributed by atoms with Crippen LogP contribution < -0.4 is 10.6 Å². The molecule has 0 aliphatic heterocycles. The zero-order valence-electron chi connectivity index (χ0n) is 24.6. The molecule has 3 rings (SSSR count). The van der Waals surface area contributed by atoms with E-state index in [0.717, 1.165) is 16.7 Å². The lowest BCUT2D eigenvalue weighted by Crippen LogP contribution is -2.34. The van der Waals surface area contributed by atoms with Crippen LogP contribution in [0.15, 0.2) is 77.2 Å². The second kappa shape index (κ2) is 15.4. The molecular formula is C32H38F2N4O4. The molecule has 8 nitrogen and oxygen atoms in total. The molecule has 0 spiro atoms. The monoisotopic (exact) mass is 580 g/mol. The predicted octanol–water partition coefficient (Wildman–Crippen LogP) is 5.90. The molecule has 224 valence electrons. The van der Waals surface area contributed by atoms with Crippen molar-refractivity contribution in [1.82, 2.24) is 15.6 Å². The molecule has 1 aliphatic rings. The van der Waals surface area contributed by atoms with E-state index < -0.39 is 24.0 Å². The third kappa shape index (κ3) is 9.22. The number of allylic oxidation sites excluding steroid dienone is 2. The van der Waals surface area contributed by atoms with Gasteiger partial charge in [-0.15, -0.1) is 0 Å². The van der Waals surface area contributed by atoms with Crippen LogP contribution in [0.2, 0.25) is 0 Å². The van der Waals surface area contributed by atoms with Gasteiger partial charge in [0.2, 0.25) is 0 Å². The number of amides is 2. The Kier molecular flexibility index (Phi) is 12.3. The first kappa shape index (κ1) is 33.6. The lowest BCUT2D eigenvalue weighted by Gasteiger charge is -2.24. The van der Waals surface area contributed by atoms with Gasteiger partial charge in [-0.2, -0.15) is 5.10 Å². The fourth-order valence-electron chi connectivity index (χ4n) is 4.20. The van der Waals surface area contributed by atoms with Crippen LogP contribution in [0.4, 0.5) is 8.78 Å². The molecule has 0 radical (unpaired) electrons. The van der Waals surface area contributed by atoms with Crippen molar-refractivity contribution in [2.45, 2.75) is 66.2 Å². The van der Waals surface area contributed by atoms with E-state index in [9.17, 15) is 28.3 Å². The lowest BCUT2D eigenvalue weighted by molar-refractivity contribution is -0.119. The summed E-state index contributed by atoms with van der Waals surface area (Å²) in [6.45, 7) is 15.7. The van der Waals surface area contributed by atoms with E-state index >= 15 is 0 Å². The Balaban J connectivity index is 0.00000144. The van der Waals surface area contributed by atoms with E-state index in [-0.39, 0.29) is 35.2 Å². The number of rotatable bonds is 10. The van der Waals surface area contributed by atoms with Crippen molar-refractivity contribution in [3.05, 3.63) is 106 Å². The largest absolute Gasteiger partial charge is 0.478 e. The first-order valence-corrected chi connectivity index (χ1v) is 13.4. The maximum atomic E-state index is 13.5. The fraction of sp³-hybridized carbons (Fsp3) is 0.312. The van der Waals surface area contributed by atoms with Crippen LogP contribution in [0.3, 0.4) is 0 Å². The summed E-state index contributed by atoms with van der Waals surface area (Å²) in [5.41, 5.74) is 3.76. The van der Waals surface area contributed by atoms with Gasteiger partial charge in [0, 0.05) is 24.5 Å². The molecule has 0 bridgehead atoms. The summed E-state index contributed by atoms with van der Waals surface area (Å²) in [5.74, 6) is -2.34. The van der Waals surface area contributed by atoms with Gasteiger partial charge < -0.3 is 15.7 Å². The van der Waals surface area contributed by atoms with Crippen LogP contribution in [0.1, 0.15) is 72.8 Å². The van der Waals surface area contributed by atoms with Crippen molar-refractivity contribution in [1.29, 1.82) is 0 Å². The van der Waals surface area contributed by atoms with Crippen molar-refractivity contribution in [2.75, 3.05) is 0 Å². The lowest BCUT2D eigenvalue weighted by atomic mass is 10.0. The Hall–Kier alpha value is -4.60. The number of hydrazone groups is 1. The number of aryl methyl sites for hydroxylation is 2. The van der Waals surface area contributed by atoms with E-state index in [1.165, 1.54) is 37.1 Å². The first-order valence-electron chi connectivity index (χ1n) is 13.4. The van der Waals surface area contributed by atoms with Gasteiger partial charge in [0.25, 0.3) is 11.8 Å². The number of nitrogens with zero attached hydrogens (tertiary/aromatic N) is 2. The Morgan fingerprint density at radius 3 is 2.43 bits per heavy atom. The quantitative estimate of drug-likeness (QED) is 0.140. The molecule has 0 aromatic heterocycles. The summed E-state index contributed by atoms with van der Waals surface area (Å²) in [4.78, 5) is 37.6. The highest BCUT2D eigenvalue weighted by Gasteiger charge is 2.28. The minimum Gasteiger partial charge on any atom is -0.478 e. The number of aromatic carboxylic acids is 1. The molecule has 0 fully saturated rings. The van der Waals surface area contributed by atoms with Gasteiger partial charge in [-0.05, 0) is 94.0 Å². The van der Waals surface area contributed by atoms with Gasteiger partial charge in [0.15, 0.2) is 0 Å². The van der Waals surface area contributed by atoms with Crippen LogP contribution in [-0.4, -0.2) is 40.8 Å². The number of carbonyl (C=O) groups is 3. The van der Waals surface area contributed by atoms with Crippen LogP contribution >= 0.6 is 0 Å². The first-order chi connectivity index (χ1) is 19.8. The Morgan fingerprint density at radius 2 is 1.86 bits per heavy atom. The molecule has 1 unspecified atom stereocenters. The van der Waals surface area contributed by atoms with Gasteiger partial charge >= 0.3 is 5.97 Å². The SMILES string of the molecule is C=NN(/C(C)=C\C)/C(=C\C(=C)C(=O)NCc1ccc(F)c(C)c1)C(=O)NC1CCc2cc(C(=O)O)ccc21.CC(C)F. The van der Waals surface area contributed by atoms with Crippen LogP contribution in [0.5, 0.6) is 0 Å². The van der Waals surface area contributed by atoms with Gasteiger partial charge in [-0.1, -0.05) is 30.9 Å². The predicted molar refractivity (Wildman–Crippen MR) is 160 cm³/mol. The molecule has 2 aromatic carbocycles. The smallest absolute Gasteiger partial charge is 0.335 e. The zero-order chi connectivity index (χ0) is 31.6. The van der Waals surface area contributed by atoms with E-state index in [2.05, 4.69) is 29.0 Å². The van der Waals surface area contributed by atoms with Crippen LogP contribution in [0.25, 0.3) is 0 Å². The number of benzene rings is 2. The van der Waals surface area contributed by atoms with Crippen molar-refractivity contribution >= 4 is 24.5 Å². The molecule has 2 amide bonds. The third-order valence-electron chi connectivity index (χ3n) is 6.41. The molecule has 3 N–H and O–H groups in total. The highest BCUT2D eigenvalue weighted by atomic mass is 19.1. The zero-order valence-corrected chi connectivity index (χ0v) is 24.6. The summed E-state index contributed by atoms with van der Waals surface area (Å²) >= 11 is 0. The normalized spacial score (nSPS) is 14.3. The third-order valence-corrected chi connectivity index (χ3v) is 6.41. The number of fused-ring (bicyclic) bond motifs is 1. The van der Waals surface area contributed by atoms with E-state index in [1.807, 2.05) is 0 Å². The van der Waals surface area contributed by atoms with Gasteiger partial charge in [-0.3, -0.25) is 9.59 Å². The Bertz CT molecular complexity index is 1410. The number of hydrogen-bond donors (Lipinski definition) is 3. The minimum atomic E-state index is -1.01. The number of alkyl halides is 1. The van der Waals surface area contributed by atoms with Gasteiger partial charge in [0.05, 0.1) is 17.8 Å². The summed E-state index contributed by atoms with van der Waals surface area (Å²) < 4.78 is 24.5. The molecule has 10 heteroatoms. The molecule has 1 aliphatic carbocycles. The average Bonchev–Trinajstić information content (AvgIpc) is 3.34.